The monoisotopic (exact) mass is 395 g/mol. The van der Waals surface area contributed by atoms with E-state index in [2.05, 4.69) is 5.32 Å². The number of rotatable bonds is 4. The number of carbonyl (C=O) groups excluding carboxylic acids is 1. The molecule has 1 heterocycles. The highest BCUT2D eigenvalue weighted by Gasteiger charge is 2.47. The molecule has 8 nitrogen and oxygen atoms in total. The lowest BCUT2D eigenvalue weighted by Gasteiger charge is -2.33. The average Bonchev–Trinajstić information content (AvgIpc) is 2.59. The molecule has 0 saturated carbocycles. The van der Waals surface area contributed by atoms with Crippen molar-refractivity contribution in [3.05, 3.63) is 28.3 Å². The molecule has 1 fully saturated rings. The number of nitrogens with zero attached hydrogens (tertiary/aromatic N) is 2. The molecule has 1 atom stereocenters. The van der Waals surface area contributed by atoms with Gasteiger partial charge in [-0.25, -0.2) is 8.42 Å². The Balaban J connectivity index is 2.45. The Labute approximate surface area is 147 Å². The molecule has 1 amide bonds. The molecule has 26 heavy (non-hydrogen) atoms. The van der Waals surface area contributed by atoms with E-state index >= 15 is 0 Å². The Bertz CT molecular complexity index is 826. The van der Waals surface area contributed by atoms with Gasteiger partial charge in [0.2, 0.25) is 5.91 Å². The van der Waals surface area contributed by atoms with E-state index in [1.54, 1.807) is 0 Å². The van der Waals surface area contributed by atoms with Gasteiger partial charge in [0.05, 0.1) is 15.7 Å². The van der Waals surface area contributed by atoms with Crippen molar-refractivity contribution in [3.8, 4) is 0 Å². The lowest BCUT2D eigenvalue weighted by molar-refractivity contribution is -0.384. The number of carbonyl (C=O) groups is 1. The van der Waals surface area contributed by atoms with Crippen molar-refractivity contribution in [2.75, 3.05) is 25.0 Å². The van der Waals surface area contributed by atoms with Gasteiger partial charge >= 0.3 is 5.51 Å². The van der Waals surface area contributed by atoms with E-state index in [1.807, 2.05) is 0 Å². The highest BCUT2D eigenvalue weighted by molar-refractivity contribution is 7.92. The van der Waals surface area contributed by atoms with E-state index in [-0.39, 0.29) is 18.1 Å². The maximum atomic E-state index is 12.7. The molecular formula is C14H16F3N3O5S. The fourth-order valence-corrected chi connectivity index (χ4v) is 3.61. The maximum Gasteiger partial charge on any atom is 0.501 e. The van der Waals surface area contributed by atoms with Gasteiger partial charge in [-0.3, -0.25) is 14.9 Å². The predicted octanol–water partition coefficient (Wildman–Crippen LogP) is 1.85. The molecule has 0 radical (unpaired) electrons. The van der Waals surface area contributed by atoms with E-state index in [4.69, 9.17) is 0 Å². The maximum absolute atomic E-state index is 12.7. The summed E-state index contributed by atoms with van der Waals surface area (Å²) in [5.74, 6) is -0.666. The zero-order valence-corrected chi connectivity index (χ0v) is 14.4. The number of nitro benzene ring substituents is 1. The number of nitro groups is 1. The van der Waals surface area contributed by atoms with Gasteiger partial charge in [0.15, 0.2) is 0 Å². The number of hydrogen-bond acceptors (Lipinski definition) is 6. The predicted molar refractivity (Wildman–Crippen MR) is 85.3 cm³/mol. The van der Waals surface area contributed by atoms with Gasteiger partial charge < -0.3 is 10.2 Å². The van der Waals surface area contributed by atoms with Crippen LogP contribution in [0.3, 0.4) is 0 Å². The van der Waals surface area contributed by atoms with Crippen LogP contribution in [0, 0.1) is 16.0 Å². The Morgan fingerprint density at radius 1 is 1.38 bits per heavy atom. The molecule has 1 aromatic rings. The molecule has 0 aliphatic carbocycles. The normalized spacial score (nSPS) is 18.5. The summed E-state index contributed by atoms with van der Waals surface area (Å²) in [7, 11) is -4.24. The van der Waals surface area contributed by atoms with Gasteiger partial charge in [-0.05, 0) is 25.0 Å². The smallest absolute Gasteiger partial charge is 0.365 e. The molecule has 1 saturated heterocycles. The van der Waals surface area contributed by atoms with E-state index in [0.717, 1.165) is 6.07 Å². The molecule has 1 aliphatic heterocycles. The fraction of sp³-hybridized carbons (Fsp3) is 0.500. The van der Waals surface area contributed by atoms with Crippen molar-refractivity contribution in [3.63, 3.8) is 0 Å². The number of amides is 1. The minimum Gasteiger partial charge on any atom is -0.365 e. The Morgan fingerprint density at radius 2 is 2.04 bits per heavy atom. The first-order valence-corrected chi connectivity index (χ1v) is 9.03. The summed E-state index contributed by atoms with van der Waals surface area (Å²) in [5, 5.41) is 13.8. The van der Waals surface area contributed by atoms with Gasteiger partial charge in [-0.2, -0.15) is 13.2 Å². The number of hydrogen-bond donors (Lipinski definition) is 1. The second kappa shape index (κ2) is 7.09. The number of nitrogens with one attached hydrogen (secondary N) is 1. The van der Waals surface area contributed by atoms with Crippen LogP contribution in [0.1, 0.15) is 12.8 Å². The lowest BCUT2D eigenvalue weighted by atomic mass is 9.96. The van der Waals surface area contributed by atoms with Crippen molar-refractivity contribution >= 4 is 27.1 Å². The molecule has 0 spiro atoms. The number of piperidine rings is 1. The number of halogens is 3. The van der Waals surface area contributed by atoms with Crippen molar-refractivity contribution in [1.29, 1.82) is 0 Å². The largest absolute Gasteiger partial charge is 0.501 e. The van der Waals surface area contributed by atoms with Crippen molar-refractivity contribution < 1.29 is 31.3 Å². The van der Waals surface area contributed by atoms with E-state index in [0.29, 0.717) is 31.5 Å². The quantitative estimate of drug-likeness (QED) is 0.616. The standard InChI is InChI=1S/C14H16F3N3O5S/c1-18-13(21)9-3-2-6-19(8-9)11-5-4-10(7-12(11)20(22)23)26(24,25)14(15,16)17/h4-5,7,9H,2-3,6,8H2,1H3,(H,18,21). The van der Waals surface area contributed by atoms with Gasteiger partial charge in [0.1, 0.15) is 5.69 Å². The summed E-state index contributed by atoms with van der Waals surface area (Å²) in [6, 6.07) is 2.07. The summed E-state index contributed by atoms with van der Waals surface area (Å²) in [5.41, 5.74) is -6.34. The zero-order valence-electron chi connectivity index (χ0n) is 13.6. The van der Waals surface area contributed by atoms with Crippen LogP contribution in [-0.2, 0) is 14.6 Å². The molecule has 12 heteroatoms. The lowest BCUT2D eigenvalue weighted by Crippen LogP contribution is -2.42. The molecule has 1 aliphatic rings. The van der Waals surface area contributed by atoms with Crippen LogP contribution in [0.15, 0.2) is 23.1 Å². The second-order valence-corrected chi connectivity index (χ2v) is 7.70. The third kappa shape index (κ3) is 3.74. The first-order valence-electron chi connectivity index (χ1n) is 7.55. The fourth-order valence-electron chi connectivity index (χ4n) is 2.83. The summed E-state index contributed by atoms with van der Waals surface area (Å²) < 4.78 is 61.0. The highest BCUT2D eigenvalue weighted by Crippen LogP contribution is 2.37. The molecule has 1 unspecified atom stereocenters. The Morgan fingerprint density at radius 3 is 2.58 bits per heavy atom. The molecule has 0 bridgehead atoms. The van der Waals surface area contributed by atoms with Crippen LogP contribution in [0.4, 0.5) is 24.5 Å². The van der Waals surface area contributed by atoms with Gasteiger partial charge in [-0.15, -0.1) is 0 Å². The Hall–Kier alpha value is -2.37. The van der Waals surface area contributed by atoms with Crippen molar-refractivity contribution in [1.82, 2.24) is 5.32 Å². The molecule has 144 valence electrons. The first-order chi connectivity index (χ1) is 12.0. The van der Waals surface area contributed by atoms with Crippen LogP contribution in [0.25, 0.3) is 0 Å². The number of sulfone groups is 1. The second-order valence-electron chi connectivity index (χ2n) is 5.76. The van der Waals surface area contributed by atoms with Gasteiger partial charge in [0.25, 0.3) is 15.5 Å². The minimum absolute atomic E-state index is 0.0234. The summed E-state index contributed by atoms with van der Waals surface area (Å²) >= 11 is 0. The zero-order chi connectivity index (χ0) is 19.7. The molecule has 1 aromatic carbocycles. The molecular weight excluding hydrogens is 379 g/mol. The van der Waals surface area contributed by atoms with Gasteiger partial charge in [-0.1, -0.05) is 0 Å². The van der Waals surface area contributed by atoms with Crippen LogP contribution in [-0.4, -0.2) is 44.9 Å². The summed E-state index contributed by atoms with van der Waals surface area (Å²) in [6.45, 7) is 0.506. The van der Waals surface area contributed by atoms with Crippen LogP contribution < -0.4 is 10.2 Å². The number of benzene rings is 1. The van der Waals surface area contributed by atoms with Crippen molar-refractivity contribution in [2.24, 2.45) is 5.92 Å². The summed E-state index contributed by atoms with van der Waals surface area (Å²) in [6.07, 6.45) is 1.13. The van der Waals surface area contributed by atoms with E-state index < -0.39 is 36.8 Å². The van der Waals surface area contributed by atoms with Gasteiger partial charge in [0, 0.05) is 26.2 Å². The average molecular weight is 395 g/mol. The van der Waals surface area contributed by atoms with E-state index in [9.17, 15) is 36.5 Å². The topological polar surface area (TPSA) is 110 Å². The molecule has 1 N–H and O–H groups in total. The Kier molecular flexibility index (Phi) is 5.44. The van der Waals surface area contributed by atoms with Crippen LogP contribution >= 0.6 is 0 Å². The molecule has 0 aromatic heterocycles. The van der Waals surface area contributed by atoms with Crippen molar-refractivity contribution in [2.45, 2.75) is 23.2 Å². The highest BCUT2D eigenvalue weighted by atomic mass is 32.2. The first kappa shape index (κ1) is 19.9. The number of alkyl halides is 3. The third-order valence-electron chi connectivity index (χ3n) is 4.14. The molecule has 2 rings (SSSR count). The summed E-state index contributed by atoms with van der Waals surface area (Å²) in [4.78, 5) is 22.4. The number of anilines is 1. The van der Waals surface area contributed by atoms with E-state index in [1.165, 1.54) is 11.9 Å². The SMILES string of the molecule is CNC(=O)C1CCCN(c2ccc(S(=O)(=O)C(F)(F)F)cc2[N+](=O)[O-])C1. The van der Waals surface area contributed by atoms with Crippen LogP contribution in [0.2, 0.25) is 0 Å². The minimum atomic E-state index is -5.70. The van der Waals surface area contributed by atoms with Crippen LogP contribution in [0.5, 0.6) is 0 Å². The third-order valence-corrected chi connectivity index (χ3v) is 5.62.